The van der Waals surface area contributed by atoms with Crippen molar-refractivity contribution >= 4 is 17.8 Å². The molecular formula is C21H39N5O4. The summed E-state index contributed by atoms with van der Waals surface area (Å²) in [5.74, 6) is 0.318. The monoisotopic (exact) mass is 425 g/mol. The van der Waals surface area contributed by atoms with Gasteiger partial charge < -0.3 is 25.6 Å². The Balaban J connectivity index is 2.07. The molecule has 0 radical (unpaired) electrons. The summed E-state index contributed by atoms with van der Waals surface area (Å²) in [4.78, 5) is 41.4. The highest BCUT2D eigenvalue weighted by Crippen LogP contribution is 2.27. The van der Waals surface area contributed by atoms with Gasteiger partial charge in [-0.3, -0.25) is 14.5 Å². The Kier molecular flexibility index (Phi) is 9.36. The van der Waals surface area contributed by atoms with Crippen molar-refractivity contribution < 1.29 is 19.1 Å². The molecule has 2 heterocycles. The maximum atomic E-state index is 13.3. The standard InChI is InChI=1S/C21H39N5O4/c1-6-15(7-2)10-25-12-17-8-16(24-21(29)23-14(3)4)11-26(17)20(28)18(25)9-22-19(27)13-30-5/h14-18H,6-13H2,1-5H3,(H,22,27)(H2,23,24,29)/t16-,17-,18-/m0/s1. The minimum Gasteiger partial charge on any atom is -0.375 e. The highest BCUT2D eigenvalue weighted by Gasteiger charge is 2.45. The number of hydrogen-bond acceptors (Lipinski definition) is 5. The van der Waals surface area contributed by atoms with Crippen molar-refractivity contribution in [3.63, 3.8) is 0 Å². The molecule has 9 heteroatoms. The van der Waals surface area contributed by atoms with E-state index in [1.165, 1.54) is 7.11 Å². The minimum absolute atomic E-state index is 0.0171. The Hall–Kier alpha value is -1.87. The maximum absolute atomic E-state index is 13.3. The lowest BCUT2D eigenvalue weighted by Gasteiger charge is -2.44. The lowest BCUT2D eigenvalue weighted by molar-refractivity contribution is -0.144. The number of ether oxygens (including phenoxy) is 1. The van der Waals surface area contributed by atoms with Gasteiger partial charge in [-0.2, -0.15) is 0 Å². The van der Waals surface area contributed by atoms with Crippen LogP contribution in [0.3, 0.4) is 0 Å². The topological polar surface area (TPSA) is 103 Å². The van der Waals surface area contributed by atoms with Crippen molar-refractivity contribution in [3.05, 3.63) is 0 Å². The third-order valence-electron chi connectivity index (χ3n) is 6.04. The number of nitrogens with zero attached hydrogens (tertiary/aromatic N) is 2. The van der Waals surface area contributed by atoms with Crippen LogP contribution in [0.4, 0.5) is 4.79 Å². The first-order valence-corrected chi connectivity index (χ1v) is 11.2. The quantitative estimate of drug-likeness (QED) is 0.474. The highest BCUT2D eigenvalue weighted by atomic mass is 16.5. The molecule has 2 fully saturated rings. The van der Waals surface area contributed by atoms with Gasteiger partial charge in [0.15, 0.2) is 0 Å². The number of rotatable bonds is 10. The smallest absolute Gasteiger partial charge is 0.315 e. The molecule has 0 unspecified atom stereocenters. The summed E-state index contributed by atoms with van der Waals surface area (Å²) in [7, 11) is 1.47. The Labute approximate surface area is 180 Å². The molecular weight excluding hydrogens is 386 g/mol. The van der Waals surface area contributed by atoms with E-state index in [2.05, 4.69) is 34.7 Å². The summed E-state index contributed by atoms with van der Waals surface area (Å²) < 4.78 is 4.88. The van der Waals surface area contributed by atoms with Gasteiger partial charge in [-0.25, -0.2) is 4.79 Å². The van der Waals surface area contributed by atoms with Crippen molar-refractivity contribution in [3.8, 4) is 0 Å². The van der Waals surface area contributed by atoms with Crippen LogP contribution < -0.4 is 16.0 Å². The van der Waals surface area contributed by atoms with Crippen LogP contribution in [0.2, 0.25) is 0 Å². The van der Waals surface area contributed by atoms with E-state index >= 15 is 0 Å². The Morgan fingerprint density at radius 1 is 1.20 bits per heavy atom. The van der Waals surface area contributed by atoms with E-state index in [1.54, 1.807) is 0 Å². The van der Waals surface area contributed by atoms with Crippen LogP contribution in [0, 0.1) is 5.92 Å². The van der Waals surface area contributed by atoms with Gasteiger partial charge in [0, 0.05) is 45.4 Å². The minimum atomic E-state index is -0.383. The zero-order valence-electron chi connectivity index (χ0n) is 19.1. The van der Waals surface area contributed by atoms with E-state index in [0.29, 0.717) is 12.5 Å². The normalized spacial score (nSPS) is 24.3. The molecule has 9 nitrogen and oxygen atoms in total. The first kappa shape index (κ1) is 24.4. The van der Waals surface area contributed by atoms with Crippen LogP contribution in [0.15, 0.2) is 0 Å². The number of amides is 4. The molecule has 2 saturated heterocycles. The second-order valence-corrected chi connectivity index (χ2v) is 8.74. The fourth-order valence-electron chi connectivity index (χ4n) is 4.39. The van der Waals surface area contributed by atoms with Crippen molar-refractivity contribution in [2.75, 3.05) is 39.9 Å². The number of hydrogen-bond donors (Lipinski definition) is 3. The van der Waals surface area contributed by atoms with Crippen LogP contribution in [0.25, 0.3) is 0 Å². The summed E-state index contributed by atoms with van der Waals surface area (Å²) in [6.07, 6.45) is 2.86. The second-order valence-electron chi connectivity index (χ2n) is 8.74. The van der Waals surface area contributed by atoms with Crippen LogP contribution in [0.1, 0.15) is 47.0 Å². The summed E-state index contributed by atoms with van der Waals surface area (Å²) >= 11 is 0. The molecule has 0 aromatic rings. The van der Waals surface area contributed by atoms with E-state index < -0.39 is 0 Å². The number of carbonyl (C=O) groups excluding carboxylic acids is 3. The van der Waals surface area contributed by atoms with Crippen molar-refractivity contribution in [2.45, 2.75) is 71.1 Å². The molecule has 2 aliphatic heterocycles. The molecule has 0 aliphatic carbocycles. The van der Waals surface area contributed by atoms with Crippen molar-refractivity contribution in [1.82, 2.24) is 25.8 Å². The fraction of sp³-hybridized carbons (Fsp3) is 0.857. The maximum Gasteiger partial charge on any atom is 0.315 e. The third kappa shape index (κ3) is 6.57. The zero-order valence-corrected chi connectivity index (χ0v) is 19.1. The second kappa shape index (κ2) is 11.5. The summed E-state index contributed by atoms with van der Waals surface area (Å²) in [5, 5.41) is 8.68. The largest absolute Gasteiger partial charge is 0.375 e. The lowest BCUT2D eigenvalue weighted by Crippen LogP contribution is -2.63. The summed E-state index contributed by atoms with van der Waals surface area (Å²) in [5.41, 5.74) is 0. The van der Waals surface area contributed by atoms with Crippen molar-refractivity contribution in [2.24, 2.45) is 5.92 Å². The highest BCUT2D eigenvalue weighted by molar-refractivity contribution is 5.85. The lowest BCUT2D eigenvalue weighted by atomic mass is 9.98. The van der Waals surface area contributed by atoms with Gasteiger partial charge in [0.05, 0.1) is 6.04 Å². The van der Waals surface area contributed by atoms with E-state index in [1.807, 2.05) is 18.7 Å². The Morgan fingerprint density at radius 2 is 1.90 bits per heavy atom. The average molecular weight is 426 g/mol. The summed E-state index contributed by atoms with van der Waals surface area (Å²) in [6, 6.07) is -0.492. The van der Waals surface area contributed by atoms with Gasteiger partial charge >= 0.3 is 6.03 Å². The number of carbonyl (C=O) groups is 3. The molecule has 3 atom stereocenters. The third-order valence-corrected chi connectivity index (χ3v) is 6.04. The molecule has 2 aliphatic rings. The van der Waals surface area contributed by atoms with E-state index in [-0.39, 0.29) is 55.2 Å². The van der Waals surface area contributed by atoms with Crippen molar-refractivity contribution in [1.29, 1.82) is 0 Å². The molecule has 0 saturated carbocycles. The predicted molar refractivity (Wildman–Crippen MR) is 115 cm³/mol. The number of methoxy groups -OCH3 is 1. The number of piperazine rings is 1. The summed E-state index contributed by atoms with van der Waals surface area (Å²) in [6.45, 7) is 10.5. The Bertz CT molecular complexity index is 596. The van der Waals surface area contributed by atoms with Gasteiger partial charge in [0.2, 0.25) is 11.8 Å². The van der Waals surface area contributed by atoms with Gasteiger partial charge in [0.25, 0.3) is 0 Å². The molecule has 0 aromatic heterocycles. The van der Waals surface area contributed by atoms with Crippen LogP contribution in [-0.4, -0.2) is 91.7 Å². The van der Waals surface area contributed by atoms with Gasteiger partial charge in [0.1, 0.15) is 12.6 Å². The average Bonchev–Trinajstić information content (AvgIpc) is 3.07. The number of fused-ring (bicyclic) bond motifs is 1. The first-order chi connectivity index (χ1) is 14.3. The molecule has 30 heavy (non-hydrogen) atoms. The number of urea groups is 1. The number of nitrogens with one attached hydrogen (secondary N) is 3. The van der Waals surface area contributed by atoms with Gasteiger partial charge in [-0.1, -0.05) is 26.7 Å². The molecule has 0 bridgehead atoms. The van der Waals surface area contributed by atoms with Crippen LogP contribution >= 0.6 is 0 Å². The van der Waals surface area contributed by atoms with E-state index in [4.69, 9.17) is 4.74 Å². The Morgan fingerprint density at radius 3 is 2.50 bits per heavy atom. The molecule has 2 rings (SSSR count). The van der Waals surface area contributed by atoms with E-state index in [0.717, 1.165) is 32.4 Å². The molecule has 172 valence electrons. The molecule has 0 aromatic carbocycles. The van der Waals surface area contributed by atoms with E-state index in [9.17, 15) is 14.4 Å². The molecule has 3 N–H and O–H groups in total. The van der Waals surface area contributed by atoms with Crippen LogP contribution in [-0.2, 0) is 14.3 Å². The first-order valence-electron chi connectivity index (χ1n) is 11.2. The molecule has 0 spiro atoms. The van der Waals surface area contributed by atoms with Gasteiger partial charge in [-0.15, -0.1) is 0 Å². The van der Waals surface area contributed by atoms with Gasteiger partial charge in [-0.05, 0) is 26.2 Å². The fourth-order valence-corrected chi connectivity index (χ4v) is 4.39. The van der Waals surface area contributed by atoms with Crippen LogP contribution in [0.5, 0.6) is 0 Å². The SMILES string of the molecule is CCC(CC)CN1C[C@@H]2C[C@H](NC(=O)NC(C)C)CN2C(=O)[C@@H]1CNC(=O)COC. The predicted octanol–water partition coefficient (Wildman–Crippen LogP) is 0.547. The zero-order chi connectivity index (χ0) is 22.3. The molecule has 4 amide bonds.